The van der Waals surface area contributed by atoms with Crippen LogP contribution in [0, 0.1) is 0 Å². The molecule has 3 heterocycles. The van der Waals surface area contributed by atoms with Crippen LogP contribution in [0.4, 0.5) is 0 Å². The van der Waals surface area contributed by atoms with E-state index in [-0.39, 0.29) is 11.9 Å². The Morgan fingerprint density at radius 1 is 0.964 bits per heavy atom. The first-order chi connectivity index (χ1) is 13.8. The highest BCUT2D eigenvalue weighted by Crippen LogP contribution is 2.38. The van der Waals surface area contributed by atoms with Gasteiger partial charge in [-0.15, -0.1) is 0 Å². The number of hydrogen-bond donors (Lipinski definition) is 1. The molecule has 3 aliphatic heterocycles. The van der Waals surface area contributed by atoms with Crippen LogP contribution in [0.5, 0.6) is 11.5 Å². The smallest absolute Gasteiger partial charge is 0.255 e. The minimum atomic E-state index is -0.0525. The van der Waals surface area contributed by atoms with Gasteiger partial charge < -0.3 is 14.8 Å². The standard InChI is InChI=1S/C23H26N2O3/c26-23(20-7-4-8-21-22(20)28-12-11-27-21)24-17-13-18-9-10-19(14-17)25(18)15-16-5-2-1-3-6-16/h1-8,17-19H,9-15H2,(H,24,26)/t17?,18-,19+. The van der Waals surface area contributed by atoms with E-state index in [1.165, 1.54) is 18.4 Å². The molecule has 2 aromatic rings. The zero-order chi connectivity index (χ0) is 18.9. The van der Waals surface area contributed by atoms with Crippen LogP contribution in [0.2, 0.25) is 0 Å². The number of rotatable bonds is 4. The highest BCUT2D eigenvalue weighted by Gasteiger charge is 2.41. The zero-order valence-corrected chi connectivity index (χ0v) is 16.0. The molecule has 28 heavy (non-hydrogen) atoms. The number of para-hydroxylation sites is 1. The van der Waals surface area contributed by atoms with E-state index in [2.05, 4.69) is 40.5 Å². The fraction of sp³-hybridized carbons (Fsp3) is 0.435. The molecule has 5 heteroatoms. The summed E-state index contributed by atoms with van der Waals surface area (Å²) in [6.07, 6.45) is 4.48. The topological polar surface area (TPSA) is 50.8 Å². The van der Waals surface area contributed by atoms with E-state index in [9.17, 15) is 4.79 Å². The van der Waals surface area contributed by atoms with E-state index in [1.54, 1.807) is 0 Å². The van der Waals surface area contributed by atoms with E-state index < -0.39 is 0 Å². The van der Waals surface area contributed by atoms with Crippen molar-refractivity contribution >= 4 is 5.91 Å². The molecule has 0 spiro atoms. The lowest BCUT2D eigenvalue weighted by atomic mass is 9.96. The molecular formula is C23H26N2O3. The average molecular weight is 378 g/mol. The fourth-order valence-corrected chi connectivity index (χ4v) is 4.96. The van der Waals surface area contributed by atoms with Gasteiger partial charge in [-0.2, -0.15) is 0 Å². The summed E-state index contributed by atoms with van der Waals surface area (Å²) in [6, 6.07) is 17.5. The molecule has 2 saturated heterocycles. The molecule has 2 fully saturated rings. The van der Waals surface area contributed by atoms with Gasteiger partial charge in [-0.25, -0.2) is 0 Å². The Balaban J connectivity index is 1.25. The SMILES string of the molecule is O=C(NC1C[C@H]2CC[C@@H](C1)N2Cc1ccccc1)c1cccc2c1OCCO2. The van der Waals surface area contributed by atoms with Crippen molar-refractivity contribution in [3.8, 4) is 11.5 Å². The van der Waals surface area contributed by atoms with Crippen molar-refractivity contribution in [2.24, 2.45) is 0 Å². The summed E-state index contributed by atoms with van der Waals surface area (Å²) in [5.41, 5.74) is 1.95. The second kappa shape index (κ2) is 7.47. The summed E-state index contributed by atoms with van der Waals surface area (Å²) in [6.45, 7) is 2.02. The monoisotopic (exact) mass is 378 g/mol. The molecule has 1 unspecified atom stereocenters. The molecule has 1 N–H and O–H groups in total. The van der Waals surface area contributed by atoms with Crippen LogP contribution in [0.25, 0.3) is 0 Å². The van der Waals surface area contributed by atoms with Gasteiger partial charge in [0.1, 0.15) is 13.2 Å². The summed E-state index contributed by atoms with van der Waals surface area (Å²) in [5.74, 6) is 1.19. The highest BCUT2D eigenvalue weighted by atomic mass is 16.6. The Kier molecular flexibility index (Phi) is 4.69. The third kappa shape index (κ3) is 3.35. The maximum atomic E-state index is 12.9. The number of amides is 1. The van der Waals surface area contributed by atoms with Gasteiger partial charge in [0, 0.05) is 24.7 Å². The lowest BCUT2D eigenvalue weighted by Crippen LogP contribution is -2.50. The molecule has 0 aliphatic carbocycles. The first-order valence-electron chi connectivity index (χ1n) is 10.3. The second-order valence-corrected chi connectivity index (χ2v) is 8.01. The summed E-state index contributed by atoms with van der Waals surface area (Å²) in [5, 5.41) is 3.27. The van der Waals surface area contributed by atoms with Crippen LogP contribution in [0.1, 0.15) is 41.6 Å². The van der Waals surface area contributed by atoms with Crippen LogP contribution in [-0.2, 0) is 6.54 Å². The van der Waals surface area contributed by atoms with Gasteiger partial charge in [0.15, 0.2) is 11.5 Å². The summed E-state index contributed by atoms with van der Waals surface area (Å²) in [4.78, 5) is 15.6. The van der Waals surface area contributed by atoms with E-state index in [0.29, 0.717) is 42.4 Å². The number of ether oxygens (including phenoxy) is 2. The first-order valence-corrected chi connectivity index (χ1v) is 10.3. The van der Waals surface area contributed by atoms with Gasteiger partial charge in [0.2, 0.25) is 0 Å². The third-order valence-corrected chi connectivity index (χ3v) is 6.24. The van der Waals surface area contributed by atoms with Gasteiger partial charge >= 0.3 is 0 Å². The average Bonchev–Trinajstić information content (AvgIpc) is 2.96. The van der Waals surface area contributed by atoms with E-state index in [4.69, 9.17) is 9.47 Å². The van der Waals surface area contributed by atoms with Crippen molar-refractivity contribution < 1.29 is 14.3 Å². The van der Waals surface area contributed by atoms with Gasteiger partial charge in [-0.1, -0.05) is 36.4 Å². The molecule has 3 aliphatic rings. The van der Waals surface area contributed by atoms with E-state index >= 15 is 0 Å². The van der Waals surface area contributed by atoms with Crippen LogP contribution < -0.4 is 14.8 Å². The number of carbonyl (C=O) groups excluding carboxylic acids is 1. The quantitative estimate of drug-likeness (QED) is 0.886. The predicted molar refractivity (Wildman–Crippen MR) is 107 cm³/mol. The van der Waals surface area contributed by atoms with Gasteiger partial charge in [-0.05, 0) is 43.4 Å². The lowest BCUT2D eigenvalue weighted by molar-refractivity contribution is 0.0819. The Bertz CT molecular complexity index is 840. The molecule has 0 radical (unpaired) electrons. The van der Waals surface area contributed by atoms with Crippen molar-refractivity contribution in [2.75, 3.05) is 13.2 Å². The highest BCUT2D eigenvalue weighted by molar-refractivity contribution is 5.98. The van der Waals surface area contributed by atoms with Crippen LogP contribution in [0.15, 0.2) is 48.5 Å². The molecular weight excluding hydrogens is 352 g/mol. The number of piperidine rings is 1. The van der Waals surface area contributed by atoms with Crippen LogP contribution in [0.3, 0.4) is 0 Å². The molecule has 3 atom stereocenters. The lowest BCUT2D eigenvalue weighted by Gasteiger charge is -2.39. The second-order valence-electron chi connectivity index (χ2n) is 8.01. The molecule has 2 aromatic carbocycles. The molecule has 146 valence electrons. The number of hydrogen-bond acceptors (Lipinski definition) is 4. The minimum absolute atomic E-state index is 0.0525. The number of benzene rings is 2. The Morgan fingerprint density at radius 3 is 2.50 bits per heavy atom. The third-order valence-electron chi connectivity index (χ3n) is 6.24. The molecule has 1 amide bonds. The Morgan fingerprint density at radius 2 is 1.71 bits per heavy atom. The van der Waals surface area contributed by atoms with E-state index in [1.807, 2.05) is 18.2 Å². The fourth-order valence-electron chi connectivity index (χ4n) is 4.96. The van der Waals surface area contributed by atoms with Crippen molar-refractivity contribution in [3.05, 3.63) is 59.7 Å². The summed E-state index contributed by atoms with van der Waals surface area (Å²) in [7, 11) is 0. The normalized spacial score (nSPS) is 26.1. The molecule has 0 aromatic heterocycles. The maximum absolute atomic E-state index is 12.9. The maximum Gasteiger partial charge on any atom is 0.255 e. The van der Waals surface area contributed by atoms with Gasteiger partial charge in [0.05, 0.1) is 5.56 Å². The van der Waals surface area contributed by atoms with Gasteiger partial charge in [-0.3, -0.25) is 9.69 Å². The number of nitrogens with one attached hydrogen (secondary N) is 1. The number of carbonyl (C=O) groups is 1. The van der Waals surface area contributed by atoms with Crippen molar-refractivity contribution in [1.82, 2.24) is 10.2 Å². The zero-order valence-electron chi connectivity index (χ0n) is 16.0. The molecule has 5 rings (SSSR count). The molecule has 0 saturated carbocycles. The predicted octanol–water partition coefficient (Wildman–Crippen LogP) is 3.38. The van der Waals surface area contributed by atoms with Crippen molar-refractivity contribution in [3.63, 3.8) is 0 Å². The molecule has 5 nitrogen and oxygen atoms in total. The number of fused-ring (bicyclic) bond motifs is 3. The van der Waals surface area contributed by atoms with Crippen LogP contribution >= 0.6 is 0 Å². The van der Waals surface area contributed by atoms with E-state index in [0.717, 1.165) is 19.4 Å². The van der Waals surface area contributed by atoms with Gasteiger partial charge in [0.25, 0.3) is 5.91 Å². The van der Waals surface area contributed by atoms with Crippen LogP contribution in [-0.4, -0.2) is 42.1 Å². The Labute approximate surface area is 165 Å². The summed E-state index contributed by atoms with van der Waals surface area (Å²) >= 11 is 0. The number of nitrogens with zero attached hydrogens (tertiary/aromatic N) is 1. The van der Waals surface area contributed by atoms with Crippen molar-refractivity contribution in [2.45, 2.75) is 50.4 Å². The first kappa shape index (κ1) is 17.6. The van der Waals surface area contributed by atoms with Crippen molar-refractivity contribution in [1.29, 1.82) is 0 Å². The molecule has 2 bridgehead atoms. The Hall–Kier alpha value is -2.53. The summed E-state index contributed by atoms with van der Waals surface area (Å²) < 4.78 is 11.3. The minimum Gasteiger partial charge on any atom is -0.486 e. The largest absolute Gasteiger partial charge is 0.486 e.